The van der Waals surface area contributed by atoms with Crippen LogP contribution in [0.5, 0.6) is 0 Å². The van der Waals surface area contributed by atoms with Gasteiger partial charge in [0, 0.05) is 18.1 Å². The Kier molecular flexibility index (Phi) is 9.31. The Hall–Kier alpha value is -1.66. The van der Waals surface area contributed by atoms with E-state index in [0.29, 0.717) is 18.0 Å². The van der Waals surface area contributed by atoms with Gasteiger partial charge >= 0.3 is 0 Å². The van der Waals surface area contributed by atoms with E-state index in [-0.39, 0.29) is 18.3 Å². The zero-order chi connectivity index (χ0) is 21.8. The number of nitrogens with zero attached hydrogens (tertiary/aromatic N) is 3. The minimum absolute atomic E-state index is 0. The van der Waals surface area contributed by atoms with E-state index in [0.717, 1.165) is 40.5 Å². The molecule has 0 saturated heterocycles. The predicted octanol–water partition coefficient (Wildman–Crippen LogP) is 6.21. The third kappa shape index (κ3) is 6.19. The molecule has 1 amide bonds. The molecule has 3 aromatic rings. The molecule has 0 radical (unpaired) electrons. The van der Waals surface area contributed by atoms with Gasteiger partial charge in [-0.3, -0.25) is 9.69 Å². The van der Waals surface area contributed by atoms with Crippen LogP contribution in [0.3, 0.4) is 0 Å². The minimum Gasteiger partial charge on any atom is -0.302 e. The van der Waals surface area contributed by atoms with Gasteiger partial charge in [-0.05, 0) is 68.8 Å². The van der Waals surface area contributed by atoms with E-state index in [2.05, 4.69) is 51.7 Å². The van der Waals surface area contributed by atoms with Crippen molar-refractivity contribution < 1.29 is 4.79 Å². The summed E-state index contributed by atoms with van der Waals surface area (Å²) < 4.78 is 1.00. The average molecular weight is 481 g/mol. The lowest BCUT2D eigenvalue weighted by Gasteiger charge is -2.25. The molecule has 1 aromatic heterocycles. The van der Waals surface area contributed by atoms with Gasteiger partial charge in [0.05, 0.1) is 16.6 Å². The highest BCUT2D eigenvalue weighted by atomic mass is 35.5. The first kappa shape index (κ1) is 25.6. The van der Waals surface area contributed by atoms with E-state index in [1.807, 2.05) is 23.1 Å². The molecular formula is C24H31Cl2N3OS. The zero-order valence-corrected chi connectivity index (χ0v) is 21.3. The maximum absolute atomic E-state index is 13.5. The van der Waals surface area contributed by atoms with Gasteiger partial charge in [-0.2, -0.15) is 0 Å². The van der Waals surface area contributed by atoms with Gasteiger partial charge in [0.1, 0.15) is 0 Å². The fourth-order valence-corrected chi connectivity index (χ4v) is 5.13. The highest BCUT2D eigenvalue weighted by Gasteiger charge is 2.22. The van der Waals surface area contributed by atoms with Gasteiger partial charge in [0.15, 0.2) is 5.13 Å². The quantitative estimate of drug-likeness (QED) is 0.384. The van der Waals surface area contributed by atoms with Crippen molar-refractivity contribution in [1.29, 1.82) is 0 Å². The largest absolute Gasteiger partial charge is 0.302 e. The standard InChI is InChI=1S/C24H30ClN3OS.ClH/c1-6-27(7-2)10-11-28(24-26-21-9-8-19(25)14-22(21)30-24)23(29)15-20-17(4)12-16(3)13-18(20)5;/h8-9,12-14H,6-7,10-11,15H2,1-5H3;1H. The number of carbonyl (C=O) groups is 1. The van der Waals surface area contributed by atoms with Crippen LogP contribution in [0.2, 0.25) is 5.02 Å². The number of carbonyl (C=O) groups excluding carboxylic acids is 1. The van der Waals surface area contributed by atoms with Crippen LogP contribution in [0.15, 0.2) is 30.3 Å². The Morgan fingerprint density at radius 3 is 2.29 bits per heavy atom. The van der Waals surface area contributed by atoms with Crippen LogP contribution < -0.4 is 4.90 Å². The lowest BCUT2D eigenvalue weighted by atomic mass is 9.97. The number of thiazole rings is 1. The molecule has 0 saturated carbocycles. The third-order valence-corrected chi connectivity index (χ3v) is 6.85. The number of aromatic nitrogens is 1. The monoisotopic (exact) mass is 479 g/mol. The van der Waals surface area contributed by atoms with Gasteiger partial charge in [0.25, 0.3) is 0 Å². The maximum Gasteiger partial charge on any atom is 0.233 e. The Morgan fingerprint density at radius 2 is 1.68 bits per heavy atom. The average Bonchev–Trinajstić information content (AvgIpc) is 3.10. The number of anilines is 1. The molecule has 0 atom stereocenters. The van der Waals surface area contributed by atoms with Crippen molar-refractivity contribution in [3.8, 4) is 0 Å². The molecule has 0 spiro atoms. The smallest absolute Gasteiger partial charge is 0.233 e. The number of fused-ring (bicyclic) bond motifs is 1. The van der Waals surface area contributed by atoms with Crippen molar-refractivity contribution in [3.05, 3.63) is 57.6 Å². The van der Waals surface area contributed by atoms with E-state index in [1.165, 1.54) is 28.0 Å². The van der Waals surface area contributed by atoms with Crippen LogP contribution in [0.1, 0.15) is 36.1 Å². The lowest BCUT2D eigenvalue weighted by molar-refractivity contribution is -0.118. The third-order valence-electron chi connectivity index (χ3n) is 5.57. The van der Waals surface area contributed by atoms with Crippen molar-refractivity contribution >= 4 is 56.6 Å². The lowest BCUT2D eigenvalue weighted by Crippen LogP contribution is -2.39. The van der Waals surface area contributed by atoms with Crippen molar-refractivity contribution in [2.45, 2.75) is 41.0 Å². The molecule has 4 nitrogen and oxygen atoms in total. The molecule has 0 bridgehead atoms. The summed E-state index contributed by atoms with van der Waals surface area (Å²) in [6.07, 6.45) is 0.382. The van der Waals surface area contributed by atoms with Crippen LogP contribution in [-0.4, -0.2) is 42.0 Å². The highest BCUT2D eigenvalue weighted by molar-refractivity contribution is 7.22. The first-order chi connectivity index (χ1) is 14.3. The van der Waals surface area contributed by atoms with Crippen molar-refractivity contribution in [1.82, 2.24) is 9.88 Å². The summed E-state index contributed by atoms with van der Waals surface area (Å²) in [6.45, 7) is 13.9. The van der Waals surface area contributed by atoms with Gasteiger partial charge < -0.3 is 4.90 Å². The second kappa shape index (κ2) is 11.3. The van der Waals surface area contributed by atoms with Gasteiger partial charge in [-0.1, -0.05) is 54.5 Å². The summed E-state index contributed by atoms with van der Waals surface area (Å²) in [6, 6.07) is 9.97. The van der Waals surface area contributed by atoms with Crippen LogP contribution in [-0.2, 0) is 11.2 Å². The van der Waals surface area contributed by atoms with E-state index in [1.54, 1.807) is 0 Å². The molecule has 0 aliphatic rings. The van der Waals surface area contributed by atoms with E-state index >= 15 is 0 Å². The molecule has 3 rings (SSSR count). The summed E-state index contributed by atoms with van der Waals surface area (Å²) in [4.78, 5) is 22.4. The molecule has 0 fully saturated rings. The summed E-state index contributed by atoms with van der Waals surface area (Å²) in [5.74, 6) is 0.0855. The SMILES string of the molecule is CCN(CC)CCN(C(=O)Cc1c(C)cc(C)cc1C)c1nc2ccc(Cl)cc2s1.Cl. The molecular weight excluding hydrogens is 449 g/mol. The second-order valence-corrected chi connectivity index (χ2v) is 9.18. The Labute approximate surface area is 200 Å². The molecule has 0 aliphatic carbocycles. The first-order valence-electron chi connectivity index (χ1n) is 10.5. The summed E-state index contributed by atoms with van der Waals surface area (Å²) >= 11 is 7.68. The van der Waals surface area contributed by atoms with E-state index in [9.17, 15) is 4.79 Å². The number of hydrogen-bond acceptors (Lipinski definition) is 4. The Balaban J connectivity index is 0.00000341. The number of benzene rings is 2. The topological polar surface area (TPSA) is 36.4 Å². The fourth-order valence-electron chi connectivity index (χ4n) is 3.85. The van der Waals surface area contributed by atoms with Crippen LogP contribution >= 0.6 is 35.3 Å². The number of hydrogen-bond donors (Lipinski definition) is 0. The number of aryl methyl sites for hydroxylation is 3. The molecule has 31 heavy (non-hydrogen) atoms. The number of likely N-dealkylation sites (N-methyl/N-ethyl adjacent to an activating group) is 1. The number of amides is 1. The Morgan fingerprint density at radius 1 is 1.03 bits per heavy atom. The molecule has 0 aliphatic heterocycles. The highest BCUT2D eigenvalue weighted by Crippen LogP contribution is 2.31. The molecule has 0 N–H and O–H groups in total. The summed E-state index contributed by atoms with van der Waals surface area (Å²) in [5, 5.41) is 1.43. The van der Waals surface area contributed by atoms with Gasteiger partial charge in [-0.15, -0.1) is 12.4 Å². The normalized spacial score (nSPS) is 11.1. The number of rotatable bonds is 8. The van der Waals surface area contributed by atoms with Gasteiger partial charge in [-0.25, -0.2) is 4.98 Å². The molecule has 0 unspecified atom stereocenters. The van der Waals surface area contributed by atoms with Crippen LogP contribution in [0.25, 0.3) is 10.2 Å². The Bertz CT molecular complexity index is 1020. The maximum atomic E-state index is 13.5. The van der Waals surface area contributed by atoms with Gasteiger partial charge in [0.2, 0.25) is 5.91 Å². The zero-order valence-electron chi connectivity index (χ0n) is 18.9. The summed E-state index contributed by atoms with van der Waals surface area (Å²) in [7, 11) is 0. The molecule has 7 heteroatoms. The fraction of sp³-hybridized carbons (Fsp3) is 0.417. The molecule has 168 valence electrons. The van der Waals surface area contributed by atoms with E-state index < -0.39 is 0 Å². The van der Waals surface area contributed by atoms with Crippen LogP contribution in [0.4, 0.5) is 5.13 Å². The van der Waals surface area contributed by atoms with Crippen molar-refractivity contribution in [3.63, 3.8) is 0 Å². The summed E-state index contributed by atoms with van der Waals surface area (Å²) in [5.41, 5.74) is 5.55. The predicted molar refractivity (Wildman–Crippen MR) is 136 cm³/mol. The van der Waals surface area contributed by atoms with Crippen molar-refractivity contribution in [2.75, 3.05) is 31.1 Å². The van der Waals surface area contributed by atoms with Crippen molar-refractivity contribution in [2.24, 2.45) is 0 Å². The second-order valence-electron chi connectivity index (χ2n) is 7.73. The first-order valence-corrected chi connectivity index (χ1v) is 11.7. The minimum atomic E-state index is 0. The van der Waals surface area contributed by atoms with E-state index in [4.69, 9.17) is 16.6 Å². The molecule has 2 aromatic carbocycles. The van der Waals surface area contributed by atoms with Crippen LogP contribution in [0, 0.1) is 20.8 Å². The number of halogens is 2. The molecule has 1 heterocycles.